The SMILES string of the molecule is CC(=O)NC(C)C[O]. The van der Waals surface area contributed by atoms with Gasteiger partial charge in [0.15, 0.2) is 0 Å². The molecule has 1 amide bonds. The molecule has 0 saturated carbocycles. The Morgan fingerprint density at radius 1 is 1.75 bits per heavy atom. The van der Waals surface area contributed by atoms with Gasteiger partial charge in [0.05, 0.1) is 6.04 Å². The Morgan fingerprint density at radius 2 is 2.25 bits per heavy atom. The normalized spacial score (nSPS) is 12.9. The summed E-state index contributed by atoms with van der Waals surface area (Å²) in [6.45, 7) is 2.82. The van der Waals surface area contributed by atoms with E-state index in [4.69, 9.17) is 0 Å². The van der Waals surface area contributed by atoms with E-state index >= 15 is 0 Å². The molecular formula is C5H10NO2. The molecule has 1 unspecified atom stereocenters. The summed E-state index contributed by atoms with van der Waals surface area (Å²) < 4.78 is 0. The first-order valence-electron chi connectivity index (χ1n) is 2.52. The van der Waals surface area contributed by atoms with Gasteiger partial charge in [-0.15, -0.1) is 0 Å². The summed E-state index contributed by atoms with van der Waals surface area (Å²) in [6.07, 6.45) is 0. The smallest absolute Gasteiger partial charge is 0.217 e. The van der Waals surface area contributed by atoms with Crippen molar-refractivity contribution in [2.75, 3.05) is 6.61 Å². The molecule has 0 saturated heterocycles. The van der Waals surface area contributed by atoms with Crippen molar-refractivity contribution in [3.05, 3.63) is 0 Å². The van der Waals surface area contributed by atoms with Gasteiger partial charge >= 0.3 is 0 Å². The lowest BCUT2D eigenvalue weighted by Crippen LogP contribution is -2.32. The van der Waals surface area contributed by atoms with E-state index in [2.05, 4.69) is 5.32 Å². The van der Waals surface area contributed by atoms with E-state index in [1.807, 2.05) is 0 Å². The van der Waals surface area contributed by atoms with Crippen LogP contribution in [0.2, 0.25) is 0 Å². The maximum Gasteiger partial charge on any atom is 0.217 e. The fourth-order valence-corrected chi connectivity index (χ4v) is 0.389. The molecule has 0 aromatic heterocycles. The third-order valence-electron chi connectivity index (χ3n) is 0.700. The Kier molecular flexibility index (Phi) is 3.19. The van der Waals surface area contributed by atoms with Gasteiger partial charge in [-0.1, -0.05) is 0 Å². The average Bonchev–Trinajstić information content (AvgIpc) is 1.65. The second kappa shape index (κ2) is 3.43. The average molecular weight is 116 g/mol. The predicted molar refractivity (Wildman–Crippen MR) is 28.8 cm³/mol. The Morgan fingerprint density at radius 3 is 2.38 bits per heavy atom. The van der Waals surface area contributed by atoms with E-state index < -0.39 is 0 Å². The van der Waals surface area contributed by atoms with Gasteiger partial charge in [-0.3, -0.25) is 4.79 Å². The quantitative estimate of drug-likeness (QED) is 0.540. The molecule has 3 nitrogen and oxygen atoms in total. The largest absolute Gasteiger partial charge is 0.351 e. The van der Waals surface area contributed by atoms with Crippen molar-refractivity contribution in [3.63, 3.8) is 0 Å². The van der Waals surface area contributed by atoms with Crippen LogP contribution in [0.5, 0.6) is 0 Å². The minimum absolute atomic E-state index is 0.145. The molecule has 0 aromatic rings. The highest BCUT2D eigenvalue weighted by atomic mass is 16.3. The van der Waals surface area contributed by atoms with Gasteiger partial charge in [0.2, 0.25) is 5.91 Å². The summed E-state index contributed by atoms with van der Waals surface area (Å²) in [7, 11) is 0. The van der Waals surface area contributed by atoms with Crippen molar-refractivity contribution >= 4 is 5.91 Å². The number of carbonyl (C=O) groups excluding carboxylic acids is 1. The molecule has 47 valence electrons. The van der Waals surface area contributed by atoms with Gasteiger partial charge in [-0.2, -0.15) is 0 Å². The third kappa shape index (κ3) is 3.61. The molecule has 8 heavy (non-hydrogen) atoms. The Balaban J connectivity index is 3.24. The Labute approximate surface area is 48.7 Å². The maximum atomic E-state index is 10.2. The fourth-order valence-electron chi connectivity index (χ4n) is 0.389. The lowest BCUT2D eigenvalue weighted by molar-refractivity contribution is -0.119. The van der Waals surface area contributed by atoms with Crippen LogP contribution in [-0.4, -0.2) is 18.6 Å². The number of carbonyl (C=O) groups is 1. The highest BCUT2D eigenvalue weighted by Gasteiger charge is 1.98. The molecule has 0 spiro atoms. The lowest BCUT2D eigenvalue weighted by atomic mass is 10.4. The van der Waals surface area contributed by atoms with Crippen LogP contribution >= 0.6 is 0 Å². The van der Waals surface area contributed by atoms with Crippen LogP contribution in [0.1, 0.15) is 13.8 Å². The standard InChI is InChI=1S/C5H10NO2/c1-4(3-7)6-5(2)8/h4H,3H2,1-2H3,(H,6,8). The minimum Gasteiger partial charge on any atom is -0.351 e. The number of hydrogen-bond donors (Lipinski definition) is 1. The lowest BCUT2D eigenvalue weighted by Gasteiger charge is -2.05. The summed E-state index contributed by atoms with van der Waals surface area (Å²) in [5.41, 5.74) is 0. The third-order valence-corrected chi connectivity index (χ3v) is 0.700. The van der Waals surface area contributed by atoms with Crippen LogP contribution in [0.15, 0.2) is 0 Å². The summed E-state index contributed by atoms with van der Waals surface area (Å²) in [6, 6.07) is -0.229. The van der Waals surface area contributed by atoms with Crippen molar-refractivity contribution in [1.82, 2.24) is 5.32 Å². The fraction of sp³-hybridized carbons (Fsp3) is 0.800. The van der Waals surface area contributed by atoms with E-state index in [1.165, 1.54) is 6.92 Å². The zero-order valence-corrected chi connectivity index (χ0v) is 5.10. The molecule has 0 aromatic carbocycles. The molecule has 0 fully saturated rings. The zero-order chi connectivity index (χ0) is 6.57. The first-order valence-corrected chi connectivity index (χ1v) is 2.52. The van der Waals surface area contributed by atoms with Gasteiger partial charge in [0.25, 0.3) is 0 Å². The zero-order valence-electron chi connectivity index (χ0n) is 5.10. The summed E-state index contributed by atoms with van der Waals surface area (Å²) >= 11 is 0. The van der Waals surface area contributed by atoms with Crippen molar-refractivity contribution in [2.24, 2.45) is 0 Å². The van der Waals surface area contributed by atoms with Gasteiger partial charge in [-0.25, -0.2) is 5.11 Å². The van der Waals surface area contributed by atoms with E-state index in [1.54, 1.807) is 6.92 Å². The molecule has 1 N–H and O–H groups in total. The predicted octanol–water partition coefficient (Wildman–Crippen LogP) is -0.0585. The van der Waals surface area contributed by atoms with Gasteiger partial charge < -0.3 is 5.32 Å². The molecule has 1 atom stereocenters. The topological polar surface area (TPSA) is 49.0 Å². The second-order valence-corrected chi connectivity index (χ2v) is 1.77. The first kappa shape index (κ1) is 7.43. The van der Waals surface area contributed by atoms with Crippen molar-refractivity contribution in [3.8, 4) is 0 Å². The number of amides is 1. The first-order chi connectivity index (χ1) is 3.66. The summed E-state index contributed by atoms with van der Waals surface area (Å²) in [4.78, 5) is 10.2. The van der Waals surface area contributed by atoms with Crippen molar-refractivity contribution < 1.29 is 9.90 Å². The molecule has 0 aliphatic rings. The summed E-state index contributed by atoms with van der Waals surface area (Å²) in [5, 5.41) is 12.4. The van der Waals surface area contributed by atoms with Crippen molar-refractivity contribution in [2.45, 2.75) is 19.9 Å². The second-order valence-electron chi connectivity index (χ2n) is 1.77. The number of rotatable bonds is 2. The van der Waals surface area contributed by atoms with Crippen LogP contribution in [-0.2, 0) is 9.90 Å². The highest BCUT2D eigenvalue weighted by molar-refractivity contribution is 5.73. The highest BCUT2D eigenvalue weighted by Crippen LogP contribution is 1.76. The van der Waals surface area contributed by atoms with Crippen LogP contribution in [0.25, 0.3) is 0 Å². The number of nitrogens with one attached hydrogen (secondary N) is 1. The van der Waals surface area contributed by atoms with E-state index in [0.29, 0.717) is 0 Å². The van der Waals surface area contributed by atoms with E-state index in [0.717, 1.165) is 0 Å². The maximum absolute atomic E-state index is 10.2. The molecule has 0 bridgehead atoms. The van der Waals surface area contributed by atoms with Crippen LogP contribution in [0.4, 0.5) is 0 Å². The number of hydrogen-bond acceptors (Lipinski definition) is 1. The van der Waals surface area contributed by atoms with Gasteiger partial charge in [-0.05, 0) is 6.92 Å². The molecule has 0 rings (SSSR count). The van der Waals surface area contributed by atoms with Gasteiger partial charge in [0.1, 0.15) is 6.61 Å². The molecule has 0 heterocycles. The Hall–Kier alpha value is -0.570. The molecule has 0 aliphatic heterocycles. The molecular weight excluding hydrogens is 106 g/mol. The van der Waals surface area contributed by atoms with Crippen LogP contribution in [0, 0.1) is 0 Å². The molecule has 0 aliphatic carbocycles. The monoisotopic (exact) mass is 116 g/mol. The van der Waals surface area contributed by atoms with Gasteiger partial charge in [0, 0.05) is 6.92 Å². The van der Waals surface area contributed by atoms with Crippen LogP contribution in [0.3, 0.4) is 0 Å². The molecule has 1 radical (unpaired) electrons. The van der Waals surface area contributed by atoms with E-state index in [9.17, 15) is 9.90 Å². The van der Waals surface area contributed by atoms with Crippen LogP contribution < -0.4 is 5.32 Å². The minimum atomic E-state index is -0.250. The summed E-state index contributed by atoms with van der Waals surface area (Å²) in [5.74, 6) is -0.145. The molecule has 3 heteroatoms. The van der Waals surface area contributed by atoms with Crippen molar-refractivity contribution in [1.29, 1.82) is 0 Å². The van der Waals surface area contributed by atoms with E-state index in [-0.39, 0.29) is 18.6 Å². The Bertz CT molecular complexity index is 82.5.